The fraction of sp³-hybridized carbons (Fsp3) is 0.435. The van der Waals surface area contributed by atoms with Crippen molar-refractivity contribution in [3.05, 3.63) is 53.1 Å². The molecule has 1 N–H and O–H groups in total. The first kappa shape index (κ1) is 21.5. The van der Waals surface area contributed by atoms with E-state index < -0.39 is 0 Å². The summed E-state index contributed by atoms with van der Waals surface area (Å²) in [7, 11) is 5.47. The number of unbranched alkanes of at least 4 members (excludes halogenated alkanes) is 1. The molecule has 0 amide bonds. The molecule has 156 valence electrons. The smallest absolute Gasteiger partial charge is 0.162 e. The van der Waals surface area contributed by atoms with Gasteiger partial charge in [-0.15, -0.1) is 0 Å². The first-order chi connectivity index (χ1) is 14.0. The van der Waals surface area contributed by atoms with Gasteiger partial charge in [0.25, 0.3) is 0 Å². The van der Waals surface area contributed by atoms with Crippen molar-refractivity contribution in [1.29, 1.82) is 0 Å². The number of carbonyl (C=O) groups is 1. The van der Waals surface area contributed by atoms with Crippen molar-refractivity contribution in [2.24, 2.45) is 0 Å². The average Bonchev–Trinajstić information content (AvgIpc) is 2.75. The van der Waals surface area contributed by atoms with E-state index in [1.54, 1.807) is 11.4 Å². The summed E-state index contributed by atoms with van der Waals surface area (Å²) in [6, 6.07) is 12.0. The van der Waals surface area contributed by atoms with E-state index in [0.29, 0.717) is 6.42 Å². The second-order valence-corrected chi connectivity index (χ2v) is 8.11. The molecule has 0 saturated heterocycles. The molecular weight excluding hydrogens is 382 g/mol. The third-order valence-corrected chi connectivity index (χ3v) is 5.80. The van der Waals surface area contributed by atoms with Gasteiger partial charge in [0.15, 0.2) is 5.78 Å². The third-order valence-electron chi connectivity index (χ3n) is 5.59. The second-order valence-electron chi connectivity index (χ2n) is 7.51. The van der Waals surface area contributed by atoms with Gasteiger partial charge in [0, 0.05) is 39.2 Å². The zero-order chi connectivity index (χ0) is 20.8. The van der Waals surface area contributed by atoms with E-state index in [9.17, 15) is 4.79 Å². The number of thiol groups is 1. The molecule has 0 spiro atoms. The Hall–Kier alpha value is -2.18. The van der Waals surface area contributed by atoms with Gasteiger partial charge in [-0.05, 0) is 61.2 Å². The number of ketones is 1. The summed E-state index contributed by atoms with van der Waals surface area (Å²) in [5, 5.41) is 3.14. The Morgan fingerprint density at radius 2 is 2.10 bits per heavy atom. The summed E-state index contributed by atoms with van der Waals surface area (Å²) in [6.07, 6.45) is 3.54. The second kappa shape index (κ2) is 10.0. The predicted molar refractivity (Wildman–Crippen MR) is 124 cm³/mol. The maximum absolute atomic E-state index is 12.6. The Labute approximate surface area is 179 Å². The van der Waals surface area contributed by atoms with Crippen molar-refractivity contribution in [2.45, 2.75) is 32.2 Å². The molecule has 2 aromatic rings. The molecule has 0 saturated carbocycles. The molecule has 5 nitrogen and oxygen atoms in total. The minimum absolute atomic E-state index is 0.198. The van der Waals surface area contributed by atoms with Crippen LogP contribution in [-0.2, 0) is 13.0 Å². The van der Waals surface area contributed by atoms with E-state index in [1.807, 2.05) is 38.4 Å². The number of carbonyl (C=O) groups excluding carboxylic acids is 1. The molecule has 1 heterocycles. The van der Waals surface area contributed by atoms with Crippen LogP contribution in [-0.4, -0.2) is 45.0 Å². The van der Waals surface area contributed by atoms with Gasteiger partial charge in [0.05, 0.1) is 18.5 Å². The van der Waals surface area contributed by atoms with Gasteiger partial charge in [0.1, 0.15) is 5.75 Å². The highest BCUT2D eigenvalue weighted by Crippen LogP contribution is 2.29. The van der Waals surface area contributed by atoms with Gasteiger partial charge in [0.2, 0.25) is 0 Å². The van der Waals surface area contributed by atoms with Crippen molar-refractivity contribution in [2.75, 3.05) is 43.9 Å². The number of Topliss-reactive ketones (excluding diaryl/α,β-unsaturated/α-hetero) is 1. The summed E-state index contributed by atoms with van der Waals surface area (Å²) in [5.74, 6) is 1.20. The van der Waals surface area contributed by atoms with Crippen LogP contribution in [0.1, 0.15) is 40.7 Å². The molecule has 1 aliphatic rings. The maximum Gasteiger partial charge on any atom is 0.162 e. The van der Waals surface area contributed by atoms with E-state index in [2.05, 4.69) is 35.2 Å². The summed E-state index contributed by atoms with van der Waals surface area (Å²) in [6.45, 7) is 3.03. The van der Waals surface area contributed by atoms with Crippen molar-refractivity contribution in [3.63, 3.8) is 0 Å². The molecule has 0 bridgehead atoms. The maximum atomic E-state index is 12.6. The Balaban J connectivity index is 1.48. The highest BCUT2D eigenvalue weighted by molar-refractivity contribution is 7.81. The zero-order valence-electron chi connectivity index (χ0n) is 17.6. The molecule has 2 aromatic carbocycles. The molecule has 0 aliphatic carbocycles. The van der Waals surface area contributed by atoms with Gasteiger partial charge in [-0.2, -0.15) is 0 Å². The van der Waals surface area contributed by atoms with Crippen LogP contribution in [0.5, 0.6) is 5.75 Å². The minimum atomic E-state index is 0.198. The molecule has 0 unspecified atom stereocenters. The van der Waals surface area contributed by atoms with Gasteiger partial charge < -0.3 is 14.4 Å². The van der Waals surface area contributed by atoms with E-state index in [1.165, 1.54) is 11.1 Å². The summed E-state index contributed by atoms with van der Waals surface area (Å²) < 4.78 is 7.23. The summed E-state index contributed by atoms with van der Waals surface area (Å²) in [5.41, 5.74) is 5.33. The normalized spacial score (nSPS) is 13.7. The van der Waals surface area contributed by atoms with Crippen molar-refractivity contribution < 1.29 is 9.53 Å². The van der Waals surface area contributed by atoms with Crippen molar-refractivity contribution >= 4 is 30.0 Å². The molecule has 6 heteroatoms. The number of nitrogens with zero attached hydrogens (tertiary/aromatic N) is 2. The minimum Gasteiger partial charge on any atom is -0.496 e. The number of nitrogens with one attached hydrogen (secondary N) is 1. The SMILES string of the molecule is CNc1cc(C(=O)CCCCN2CCc3c(cccc3OC)C2)ccc1N(C)S. The summed E-state index contributed by atoms with van der Waals surface area (Å²) >= 11 is 4.34. The lowest BCUT2D eigenvalue weighted by Gasteiger charge is -2.29. The van der Waals surface area contributed by atoms with Crippen LogP contribution in [0.25, 0.3) is 0 Å². The largest absolute Gasteiger partial charge is 0.496 e. The Morgan fingerprint density at radius 3 is 2.83 bits per heavy atom. The quantitative estimate of drug-likeness (QED) is 0.362. The number of methoxy groups -OCH3 is 1. The monoisotopic (exact) mass is 413 g/mol. The molecule has 0 fully saturated rings. The van der Waals surface area contributed by atoms with Crippen LogP contribution >= 0.6 is 12.8 Å². The predicted octanol–water partition coefficient (Wildman–Crippen LogP) is 4.43. The van der Waals surface area contributed by atoms with Crippen LogP contribution < -0.4 is 14.4 Å². The number of fused-ring (bicyclic) bond motifs is 1. The van der Waals surface area contributed by atoms with Gasteiger partial charge in [-0.3, -0.25) is 9.69 Å². The highest BCUT2D eigenvalue weighted by Gasteiger charge is 2.19. The Morgan fingerprint density at radius 1 is 1.28 bits per heavy atom. The molecule has 0 radical (unpaired) electrons. The number of rotatable bonds is 9. The molecular formula is C23H31N3O2S. The third kappa shape index (κ3) is 5.25. The van der Waals surface area contributed by atoms with E-state index >= 15 is 0 Å². The lowest BCUT2D eigenvalue weighted by molar-refractivity contribution is 0.0977. The average molecular weight is 414 g/mol. The van der Waals surface area contributed by atoms with Crippen molar-refractivity contribution in [1.82, 2.24) is 4.90 Å². The lowest BCUT2D eigenvalue weighted by Crippen LogP contribution is -2.31. The zero-order valence-corrected chi connectivity index (χ0v) is 18.5. The number of ether oxygens (including phenoxy) is 1. The first-order valence-corrected chi connectivity index (χ1v) is 10.6. The lowest BCUT2D eigenvalue weighted by atomic mass is 9.98. The molecule has 29 heavy (non-hydrogen) atoms. The Kier molecular flexibility index (Phi) is 7.45. The fourth-order valence-electron chi connectivity index (χ4n) is 3.97. The van der Waals surface area contributed by atoms with E-state index in [-0.39, 0.29) is 5.78 Å². The summed E-state index contributed by atoms with van der Waals surface area (Å²) in [4.78, 5) is 15.1. The fourth-order valence-corrected chi connectivity index (χ4v) is 4.15. The van der Waals surface area contributed by atoms with Crippen LogP contribution in [0.15, 0.2) is 36.4 Å². The number of anilines is 2. The number of benzene rings is 2. The first-order valence-electron chi connectivity index (χ1n) is 10.2. The van der Waals surface area contributed by atoms with E-state index in [0.717, 1.165) is 61.6 Å². The topological polar surface area (TPSA) is 44.8 Å². The number of hydrogen-bond donors (Lipinski definition) is 2. The number of hydrogen-bond acceptors (Lipinski definition) is 6. The van der Waals surface area contributed by atoms with E-state index in [4.69, 9.17) is 4.74 Å². The van der Waals surface area contributed by atoms with Gasteiger partial charge in [-0.1, -0.05) is 24.9 Å². The molecule has 0 aromatic heterocycles. The van der Waals surface area contributed by atoms with Crippen LogP contribution in [0.3, 0.4) is 0 Å². The van der Waals surface area contributed by atoms with Crippen LogP contribution in [0, 0.1) is 0 Å². The van der Waals surface area contributed by atoms with Gasteiger partial charge in [-0.25, -0.2) is 0 Å². The van der Waals surface area contributed by atoms with Crippen LogP contribution in [0.2, 0.25) is 0 Å². The standard InChI is InChI=1S/C23H31N3O2S/c1-24-20-15-17(10-11-21(20)25(2)29)22(27)8-4-5-13-26-14-12-19-18(16-26)7-6-9-23(19)28-3/h6-7,9-11,15,24,29H,4-5,8,12-14,16H2,1-3H3. The highest BCUT2D eigenvalue weighted by atomic mass is 32.1. The van der Waals surface area contributed by atoms with Gasteiger partial charge >= 0.3 is 0 Å². The Bertz CT molecular complexity index is 854. The van der Waals surface area contributed by atoms with Crippen molar-refractivity contribution in [3.8, 4) is 5.75 Å². The van der Waals surface area contributed by atoms with Crippen LogP contribution in [0.4, 0.5) is 11.4 Å². The molecule has 0 atom stereocenters. The molecule has 1 aliphatic heterocycles. The molecule has 3 rings (SSSR count).